The van der Waals surface area contributed by atoms with E-state index >= 15 is 0 Å². The monoisotopic (exact) mass is 524 g/mol. The number of nitrogens with one attached hydrogen (secondary N) is 3. The molecule has 0 saturated carbocycles. The third-order valence-electron chi connectivity index (χ3n) is 3.30. The van der Waals surface area contributed by atoms with Gasteiger partial charge in [0.1, 0.15) is 6.17 Å². The molecule has 3 N–H and O–H groups in total. The zero-order chi connectivity index (χ0) is 20.9. The van der Waals surface area contributed by atoms with Gasteiger partial charge in [0.05, 0.1) is 4.92 Å². The van der Waals surface area contributed by atoms with E-state index in [1.807, 2.05) is 0 Å². The van der Waals surface area contributed by atoms with E-state index in [0.717, 1.165) is 4.47 Å². The second-order valence-electron chi connectivity index (χ2n) is 5.36. The minimum absolute atomic E-state index is 0.00655. The number of amides is 1. The number of nitro groups is 1. The quantitative estimate of drug-likeness (QED) is 0.171. The smallest absolute Gasteiger partial charge is 0.271 e. The lowest BCUT2D eigenvalue weighted by Crippen LogP contribution is -2.56. The molecule has 0 fully saturated rings. The molecule has 0 saturated heterocycles. The first-order valence-electron chi connectivity index (χ1n) is 7.51. The molecule has 1 amide bonds. The average molecular weight is 527 g/mol. The standard InChI is InChI=1S/C16H12BrCl3N4O3S/c17-10-6-4-9(5-7-10)13(25)22-14(16(18,19)20)23-15(28)21-11-2-1-3-12(8-11)24(26)27/h1-8,14H,(H,22,25)(H2,21,23,28). The molecule has 0 heterocycles. The maximum atomic E-state index is 12.4. The van der Waals surface area contributed by atoms with E-state index < -0.39 is 20.8 Å². The lowest BCUT2D eigenvalue weighted by atomic mass is 10.2. The highest BCUT2D eigenvalue weighted by Crippen LogP contribution is 2.29. The third kappa shape index (κ3) is 6.75. The van der Waals surface area contributed by atoms with Crippen molar-refractivity contribution in [2.75, 3.05) is 5.32 Å². The van der Waals surface area contributed by atoms with Crippen molar-refractivity contribution in [3.05, 3.63) is 68.7 Å². The maximum absolute atomic E-state index is 12.4. The number of carbonyl (C=O) groups is 1. The molecular formula is C16H12BrCl3N4O3S. The zero-order valence-electron chi connectivity index (χ0n) is 13.8. The van der Waals surface area contributed by atoms with E-state index in [0.29, 0.717) is 11.3 Å². The Morgan fingerprint density at radius 1 is 1.14 bits per heavy atom. The largest absolute Gasteiger partial charge is 0.339 e. The van der Waals surface area contributed by atoms with Crippen LogP contribution in [0, 0.1) is 10.1 Å². The van der Waals surface area contributed by atoms with E-state index in [1.54, 1.807) is 30.3 Å². The van der Waals surface area contributed by atoms with Crippen LogP contribution >= 0.6 is 63.0 Å². The molecular weight excluding hydrogens is 515 g/mol. The number of hydrogen-bond donors (Lipinski definition) is 3. The SMILES string of the molecule is O=C(NC(NC(=S)Nc1cccc([N+](=O)[O-])c1)C(Cl)(Cl)Cl)c1ccc(Br)cc1. The first-order valence-corrected chi connectivity index (χ1v) is 9.85. The van der Waals surface area contributed by atoms with Crippen molar-refractivity contribution in [1.82, 2.24) is 10.6 Å². The molecule has 0 aliphatic rings. The highest BCUT2D eigenvalue weighted by molar-refractivity contribution is 9.10. The van der Waals surface area contributed by atoms with E-state index in [4.69, 9.17) is 47.0 Å². The Morgan fingerprint density at radius 3 is 2.36 bits per heavy atom. The van der Waals surface area contributed by atoms with Gasteiger partial charge in [-0.05, 0) is 42.5 Å². The van der Waals surface area contributed by atoms with Crippen molar-refractivity contribution in [1.29, 1.82) is 0 Å². The molecule has 0 aliphatic carbocycles. The number of benzene rings is 2. The molecule has 0 bridgehead atoms. The van der Waals surface area contributed by atoms with Crippen LogP contribution < -0.4 is 16.0 Å². The van der Waals surface area contributed by atoms with Crippen molar-refractivity contribution in [3.63, 3.8) is 0 Å². The first-order chi connectivity index (χ1) is 13.1. The number of thiocarbonyl (C=S) groups is 1. The summed E-state index contributed by atoms with van der Waals surface area (Å²) in [5, 5.41) is 18.8. The lowest BCUT2D eigenvalue weighted by Gasteiger charge is -2.27. The van der Waals surface area contributed by atoms with Crippen molar-refractivity contribution in [2.24, 2.45) is 0 Å². The fourth-order valence-corrected chi connectivity index (χ4v) is 2.84. The van der Waals surface area contributed by atoms with Crippen molar-refractivity contribution in [2.45, 2.75) is 9.96 Å². The number of nitrogens with zero attached hydrogens (tertiary/aromatic N) is 1. The highest BCUT2D eigenvalue weighted by atomic mass is 79.9. The number of anilines is 1. The van der Waals surface area contributed by atoms with Gasteiger partial charge in [-0.1, -0.05) is 56.8 Å². The number of nitro benzene ring substituents is 1. The maximum Gasteiger partial charge on any atom is 0.271 e. The second kappa shape index (κ2) is 9.71. The third-order valence-corrected chi connectivity index (χ3v) is 4.70. The molecule has 7 nitrogen and oxygen atoms in total. The van der Waals surface area contributed by atoms with Gasteiger partial charge in [-0.25, -0.2) is 0 Å². The predicted octanol–water partition coefficient (Wildman–Crippen LogP) is 4.77. The van der Waals surface area contributed by atoms with Crippen LogP contribution in [-0.4, -0.2) is 25.9 Å². The molecule has 148 valence electrons. The topological polar surface area (TPSA) is 96.3 Å². The van der Waals surface area contributed by atoms with Gasteiger partial charge in [0.15, 0.2) is 5.11 Å². The lowest BCUT2D eigenvalue weighted by molar-refractivity contribution is -0.384. The second-order valence-corrected chi connectivity index (χ2v) is 9.05. The number of carbonyl (C=O) groups excluding carboxylic acids is 1. The summed E-state index contributed by atoms with van der Waals surface area (Å²) < 4.78 is -1.12. The van der Waals surface area contributed by atoms with Gasteiger partial charge in [-0.15, -0.1) is 0 Å². The molecule has 0 aliphatic heterocycles. The molecule has 0 aromatic heterocycles. The van der Waals surface area contributed by atoms with Crippen molar-refractivity contribution in [3.8, 4) is 0 Å². The van der Waals surface area contributed by atoms with Gasteiger partial charge < -0.3 is 16.0 Å². The number of rotatable bonds is 5. The van der Waals surface area contributed by atoms with Crippen LogP contribution in [-0.2, 0) is 0 Å². The Labute approximate surface area is 189 Å². The molecule has 1 atom stereocenters. The molecule has 12 heteroatoms. The zero-order valence-corrected chi connectivity index (χ0v) is 18.5. The Hall–Kier alpha value is -1.65. The van der Waals surface area contributed by atoms with Crippen LogP contribution in [0.5, 0.6) is 0 Å². The fourth-order valence-electron chi connectivity index (χ4n) is 2.01. The van der Waals surface area contributed by atoms with Crippen LogP contribution in [0.1, 0.15) is 10.4 Å². The Balaban J connectivity index is 2.08. The number of non-ortho nitro benzene ring substituents is 1. The minimum Gasteiger partial charge on any atom is -0.339 e. The summed E-state index contributed by atoms with van der Waals surface area (Å²) >= 11 is 26.2. The molecule has 2 aromatic carbocycles. The molecule has 0 radical (unpaired) electrons. The normalized spacial score (nSPS) is 12.0. The average Bonchev–Trinajstić information content (AvgIpc) is 2.61. The molecule has 2 rings (SSSR count). The minimum atomic E-state index is -1.93. The predicted molar refractivity (Wildman–Crippen MR) is 118 cm³/mol. The Bertz CT molecular complexity index is 893. The summed E-state index contributed by atoms with van der Waals surface area (Å²) in [5.41, 5.74) is 0.588. The summed E-state index contributed by atoms with van der Waals surface area (Å²) in [6.45, 7) is 0. The van der Waals surface area contributed by atoms with E-state index in [-0.39, 0.29) is 10.8 Å². The van der Waals surface area contributed by atoms with Crippen molar-refractivity contribution >= 4 is 85.3 Å². The molecule has 1 unspecified atom stereocenters. The van der Waals surface area contributed by atoms with E-state index in [2.05, 4.69) is 31.9 Å². The van der Waals surface area contributed by atoms with Gasteiger partial charge in [-0.2, -0.15) is 0 Å². The van der Waals surface area contributed by atoms with E-state index in [9.17, 15) is 14.9 Å². The van der Waals surface area contributed by atoms with Crippen LogP contribution in [0.4, 0.5) is 11.4 Å². The van der Waals surface area contributed by atoms with Crippen LogP contribution in [0.15, 0.2) is 53.0 Å². The van der Waals surface area contributed by atoms with Crippen LogP contribution in [0.2, 0.25) is 0 Å². The number of alkyl halides is 3. The van der Waals surface area contributed by atoms with Gasteiger partial charge >= 0.3 is 0 Å². The van der Waals surface area contributed by atoms with Crippen molar-refractivity contribution < 1.29 is 9.72 Å². The molecule has 28 heavy (non-hydrogen) atoms. The summed E-state index contributed by atoms with van der Waals surface area (Å²) in [6, 6.07) is 12.3. The molecule has 0 spiro atoms. The first kappa shape index (κ1) is 22.6. The van der Waals surface area contributed by atoms with Gasteiger partial charge in [0.2, 0.25) is 3.79 Å². The summed E-state index contributed by atoms with van der Waals surface area (Å²) in [6.07, 6.45) is -1.17. The van der Waals surface area contributed by atoms with E-state index in [1.165, 1.54) is 18.2 Å². The van der Waals surface area contributed by atoms with Gasteiger partial charge in [-0.3, -0.25) is 14.9 Å². The summed E-state index contributed by atoms with van der Waals surface area (Å²) in [7, 11) is 0. The Kier molecular flexibility index (Phi) is 7.85. The number of hydrogen-bond acceptors (Lipinski definition) is 4. The Morgan fingerprint density at radius 2 is 1.79 bits per heavy atom. The van der Waals surface area contributed by atoms with Gasteiger partial charge in [0.25, 0.3) is 11.6 Å². The molecule has 2 aromatic rings. The highest BCUT2D eigenvalue weighted by Gasteiger charge is 2.35. The van der Waals surface area contributed by atoms with Crippen LogP contribution in [0.25, 0.3) is 0 Å². The number of halogens is 4. The summed E-state index contributed by atoms with van der Waals surface area (Å²) in [4.78, 5) is 22.7. The van der Waals surface area contributed by atoms with Crippen LogP contribution in [0.3, 0.4) is 0 Å². The summed E-state index contributed by atoms with van der Waals surface area (Å²) in [5.74, 6) is -0.491. The fraction of sp³-hybridized carbons (Fsp3) is 0.125. The van der Waals surface area contributed by atoms with Gasteiger partial charge in [0, 0.05) is 27.9 Å².